The lowest BCUT2D eigenvalue weighted by atomic mass is 9.99. The highest BCUT2D eigenvalue weighted by Crippen LogP contribution is 2.33. The molecule has 0 spiro atoms. The van der Waals surface area contributed by atoms with Crippen LogP contribution in [0.2, 0.25) is 0 Å². The van der Waals surface area contributed by atoms with E-state index >= 15 is 0 Å². The van der Waals surface area contributed by atoms with Crippen LogP contribution in [0.4, 0.5) is 17.1 Å². The molecule has 0 fully saturated rings. The Labute approximate surface area is 252 Å². The molecule has 6 nitrogen and oxygen atoms in total. The van der Waals surface area contributed by atoms with Crippen LogP contribution in [0.15, 0.2) is 133 Å². The van der Waals surface area contributed by atoms with Crippen LogP contribution in [0.3, 0.4) is 0 Å². The summed E-state index contributed by atoms with van der Waals surface area (Å²) in [6, 6.07) is 42.4. The van der Waals surface area contributed by atoms with Gasteiger partial charge in [-0.15, -0.1) is 0 Å². The molecule has 0 aromatic heterocycles. The molecule has 5 aromatic rings. The quantitative estimate of drug-likeness (QED) is 0.210. The number of nitrogens with one attached hydrogen (secondary N) is 1. The predicted octanol–water partition coefficient (Wildman–Crippen LogP) is 7.54. The number of para-hydroxylation sites is 3. The number of hydrogen-bond donors (Lipinski definition) is 1. The molecule has 0 saturated carbocycles. The van der Waals surface area contributed by atoms with Gasteiger partial charge in [-0.2, -0.15) is 0 Å². The number of amides is 2. The average molecular weight is 568 g/mol. The normalized spacial score (nSPS) is 12.7. The fourth-order valence-corrected chi connectivity index (χ4v) is 5.45. The molecular weight excluding hydrogens is 534 g/mol. The number of rotatable bonds is 8. The third-order valence-corrected chi connectivity index (χ3v) is 7.59. The molecule has 0 saturated heterocycles. The largest absolute Gasteiger partial charge is 0.492 e. The molecule has 1 aliphatic heterocycles. The van der Waals surface area contributed by atoms with Gasteiger partial charge in [0.25, 0.3) is 11.8 Å². The molecule has 43 heavy (non-hydrogen) atoms. The van der Waals surface area contributed by atoms with E-state index in [1.165, 1.54) is 0 Å². The third kappa shape index (κ3) is 6.44. The van der Waals surface area contributed by atoms with Crippen molar-refractivity contribution in [2.24, 2.45) is 0 Å². The van der Waals surface area contributed by atoms with Gasteiger partial charge in [0.1, 0.15) is 12.4 Å². The van der Waals surface area contributed by atoms with Gasteiger partial charge in [0.05, 0.1) is 17.9 Å². The Balaban J connectivity index is 1.15. The summed E-state index contributed by atoms with van der Waals surface area (Å²) in [5.41, 5.74) is 5.55. The Morgan fingerprint density at radius 2 is 1.33 bits per heavy atom. The van der Waals surface area contributed by atoms with Crippen LogP contribution in [0.5, 0.6) is 5.75 Å². The fourth-order valence-electron chi connectivity index (χ4n) is 5.45. The maximum Gasteiger partial charge on any atom is 0.258 e. The van der Waals surface area contributed by atoms with Crippen LogP contribution < -0.4 is 19.9 Å². The van der Waals surface area contributed by atoms with E-state index < -0.39 is 0 Å². The van der Waals surface area contributed by atoms with Crippen molar-refractivity contribution in [1.82, 2.24) is 0 Å². The topological polar surface area (TPSA) is 61.9 Å². The van der Waals surface area contributed by atoms with Gasteiger partial charge < -0.3 is 19.9 Å². The molecule has 214 valence electrons. The van der Waals surface area contributed by atoms with E-state index in [1.807, 2.05) is 108 Å². The van der Waals surface area contributed by atoms with Gasteiger partial charge in [-0.3, -0.25) is 9.59 Å². The van der Waals surface area contributed by atoms with Crippen LogP contribution in [0.25, 0.3) is 11.1 Å². The second-order valence-corrected chi connectivity index (χ2v) is 10.4. The molecule has 6 rings (SSSR count). The van der Waals surface area contributed by atoms with Gasteiger partial charge in [-0.25, -0.2) is 0 Å². The zero-order valence-corrected chi connectivity index (χ0v) is 23.9. The summed E-state index contributed by atoms with van der Waals surface area (Å²) >= 11 is 0. The predicted molar refractivity (Wildman–Crippen MR) is 173 cm³/mol. The number of carbonyl (C=O) groups excluding carboxylic acids is 2. The van der Waals surface area contributed by atoms with E-state index in [2.05, 4.69) is 16.3 Å². The molecule has 0 bridgehead atoms. The highest BCUT2D eigenvalue weighted by molar-refractivity contribution is 6.10. The lowest BCUT2D eigenvalue weighted by Gasteiger charge is -2.27. The van der Waals surface area contributed by atoms with Gasteiger partial charge in [-0.1, -0.05) is 78.9 Å². The minimum Gasteiger partial charge on any atom is -0.492 e. The Hall–Kier alpha value is -5.36. The van der Waals surface area contributed by atoms with Gasteiger partial charge in [0.15, 0.2) is 0 Å². The smallest absolute Gasteiger partial charge is 0.258 e. The third-order valence-electron chi connectivity index (χ3n) is 7.59. The van der Waals surface area contributed by atoms with Crippen LogP contribution in [0, 0.1) is 0 Å². The number of anilines is 3. The van der Waals surface area contributed by atoms with Crippen LogP contribution in [0.1, 0.15) is 27.1 Å². The Morgan fingerprint density at radius 1 is 0.674 bits per heavy atom. The molecule has 0 atom stereocenters. The van der Waals surface area contributed by atoms with Crippen LogP contribution in [-0.4, -0.2) is 38.1 Å². The minimum absolute atomic E-state index is 0.0675. The van der Waals surface area contributed by atoms with Crippen LogP contribution in [-0.2, 0) is 0 Å². The summed E-state index contributed by atoms with van der Waals surface area (Å²) in [4.78, 5) is 31.2. The van der Waals surface area contributed by atoms with Crippen molar-refractivity contribution < 1.29 is 14.3 Å². The zero-order valence-electron chi connectivity index (χ0n) is 23.9. The first kappa shape index (κ1) is 27.8. The van der Waals surface area contributed by atoms with Gasteiger partial charge in [-0.05, 0) is 72.1 Å². The van der Waals surface area contributed by atoms with Crippen molar-refractivity contribution in [3.05, 3.63) is 145 Å². The van der Waals surface area contributed by atoms with Crippen molar-refractivity contribution in [3.63, 3.8) is 0 Å². The summed E-state index contributed by atoms with van der Waals surface area (Å²) in [5.74, 6) is 0.584. The first-order valence-electron chi connectivity index (χ1n) is 14.6. The highest BCUT2D eigenvalue weighted by Gasteiger charge is 2.25. The Bertz CT molecular complexity index is 1690. The van der Waals surface area contributed by atoms with E-state index in [1.54, 1.807) is 24.3 Å². The highest BCUT2D eigenvalue weighted by atomic mass is 16.5. The van der Waals surface area contributed by atoms with Gasteiger partial charge in [0, 0.05) is 29.9 Å². The number of nitrogens with zero attached hydrogens (tertiary/aromatic N) is 2. The molecule has 0 unspecified atom stereocenters. The van der Waals surface area contributed by atoms with Gasteiger partial charge >= 0.3 is 0 Å². The molecular formula is C37H33N3O3. The van der Waals surface area contributed by atoms with E-state index in [0.29, 0.717) is 30.0 Å². The van der Waals surface area contributed by atoms with Crippen molar-refractivity contribution in [2.75, 3.05) is 41.4 Å². The van der Waals surface area contributed by atoms with Gasteiger partial charge in [0.2, 0.25) is 0 Å². The molecule has 5 aromatic carbocycles. The molecule has 6 heteroatoms. The summed E-state index contributed by atoms with van der Waals surface area (Å²) < 4.78 is 5.95. The molecule has 1 aliphatic rings. The van der Waals surface area contributed by atoms with E-state index in [4.69, 9.17) is 4.74 Å². The zero-order chi connectivity index (χ0) is 29.4. The van der Waals surface area contributed by atoms with Crippen molar-refractivity contribution in [1.29, 1.82) is 0 Å². The summed E-state index contributed by atoms with van der Waals surface area (Å²) in [5, 5.41) is 2.99. The second kappa shape index (κ2) is 13.1. The number of benzene rings is 5. The Morgan fingerprint density at radius 3 is 2.09 bits per heavy atom. The number of fused-ring (bicyclic) bond motifs is 1. The standard InChI is InChI=1S/C37H33N3O3/c41-36(33-17-8-7-16-32(33)28-12-3-1-4-13-28)38-30-22-20-29(21-23-30)37(42)40-25-11-24-39(34-18-9-10-19-35(34)40)26-27-43-31-14-5-2-6-15-31/h1-10,12-23H,11,24-27H2,(H,38,41). The van der Waals surface area contributed by atoms with Crippen molar-refractivity contribution in [2.45, 2.75) is 6.42 Å². The van der Waals surface area contributed by atoms with Crippen molar-refractivity contribution in [3.8, 4) is 16.9 Å². The maximum absolute atomic E-state index is 13.8. The SMILES string of the molecule is O=C(Nc1ccc(C(=O)N2CCCN(CCOc3ccccc3)c3ccccc32)cc1)c1ccccc1-c1ccccc1. The molecule has 1 N–H and O–H groups in total. The summed E-state index contributed by atoms with van der Waals surface area (Å²) in [6.45, 7) is 2.71. The summed E-state index contributed by atoms with van der Waals surface area (Å²) in [7, 11) is 0. The maximum atomic E-state index is 13.8. The first-order valence-corrected chi connectivity index (χ1v) is 14.6. The van der Waals surface area contributed by atoms with E-state index in [-0.39, 0.29) is 11.8 Å². The number of ether oxygens (including phenoxy) is 1. The first-order chi connectivity index (χ1) is 21.2. The van der Waals surface area contributed by atoms with E-state index in [9.17, 15) is 9.59 Å². The number of carbonyl (C=O) groups is 2. The fraction of sp³-hybridized carbons (Fsp3) is 0.135. The van der Waals surface area contributed by atoms with Crippen LogP contribution >= 0.6 is 0 Å². The monoisotopic (exact) mass is 567 g/mol. The molecule has 2 amide bonds. The average Bonchev–Trinajstić information content (AvgIpc) is 3.25. The Kier molecular flexibility index (Phi) is 8.46. The molecule has 0 radical (unpaired) electrons. The lowest BCUT2D eigenvalue weighted by Crippen LogP contribution is -2.31. The van der Waals surface area contributed by atoms with Crippen molar-refractivity contribution >= 4 is 28.9 Å². The lowest BCUT2D eigenvalue weighted by molar-refractivity contribution is 0.0986. The van der Waals surface area contributed by atoms with E-state index in [0.717, 1.165) is 47.8 Å². The number of hydrogen-bond acceptors (Lipinski definition) is 4. The summed E-state index contributed by atoms with van der Waals surface area (Å²) in [6.07, 6.45) is 0.834. The minimum atomic E-state index is -0.198. The molecule has 1 heterocycles. The molecule has 0 aliphatic carbocycles. The second-order valence-electron chi connectivity index (χ2n) is 10.4.